The summed E-state index contributed by atoms with van der Waals surface area (Å²) in [5.74, 6) is 0.592. The molecular formula is C23H21N5O2. The van der Waals surface area contributed by atoms with E-state index in [1.807, 2.05) is 66.7 Å². The number of rotatable bonds is 7. The fourth-order valence-electron chi connectivity index (χ4n) is 3.01. The van der Waals surface area contributed by atoms with Gasteiger partial charge in [0.25, 0.3) is 5.91 Å². The second kappa shape index (κ2) is 8.91. The number of amides is 1. The molecule has 0 saturated carbocycles. The molecule has 30 heavy (non-hydrogen) atoms. The first kappa shape index (κ1) is 19.2. The monoisotopic (exact) mass is 399 g/mol. The lowest BCUT2D eigenvalue weighted by Gasteiger charge is -2.13. The third kappa shape index (κ3) is 4.64. The minimum Gasteiger partial charge on any atom is -0.497 e. The number of carbonyl (C=O) groups excluding carboxylic acids is 1. The van der Waals surface area contributed by atoms with Crippen molar-refractivity contribution in [2.45, 2.75) is 6.54 Å². The Hall–Kier alpha value is -4.13. The number of benzene rings is 3. The Morgan fingerprint density at radius 3 is 2.40 bits per heavy atom. The molecule has 0 aliphatic rings. The summed E-state index contributed by atoms with van der Waals surface area (Å²) >= 11 is 0. The lowest BCUT2D eigenvalue weighted by Crippen LogP contribution is -2.14. The van der Waals surface area contributed by atoms with Gasteiger partial charge in [0.2, 0.25) is 0 Å². The second-order valence-electron chi connectivity index (χ2n) is 6.64. The summed E-state index contributed by atoms with van der Waals surface area (Å²) in [7, 11) is 1.63. The summed E-state index contributed by atoms with van der Waals surface area (Å²) < 4.78 is 6.93. The average molecular weight is 399 g/mol. The number of aromatic nitrogens is 3. The molecule has 0 radical (unpaired) electrons. The van der Waals surface area contributed by atoms with E-state index in [4.69, 9.17) is 4.74 Å². The molecule has 1 aromatic heterocycles. The molecule has 0 aliphatic heterocycles. The van der Waals surface area contributed by atoms with Crippen LogP contribution in [0.4, 0.5) is 17.1 Å². The molecule has 0 fully saturated rings. The highest BCUT2D eigenvalue weighted by Crippen LogP contribution is 2.24. The zero-order chi connectivity index (χ0) is 20.8. The Bertz CT molecular complexity index is 1110. The van der Waals surface area contributed by atoms with Gasteiger partial charge in [-0.25, -0.2) is 9.67 Å². The van der Waals surface area contributed by atoms with E-state index in [-0.39, 0.29) is 5.91 Å². The van der Waals surface area contributed by atoms with Crippen LogP contribution in [0.1, 0.15) is 15.9 Å². The smallest absolute Gasteiger partial charge is 0.257 e. The number of anilines is 3. The molecule has 0 spiro atoms. The highest BCUT2D eigenvalue weighted by atomic mass is 16.5. The largest absolute Gasteiger partial charge is 0.497 e. The molecule has 4 rings (SSSR count). The van der Waals surface area contributed by atoms with Gasteiger partial charge in [0, 0.05) is 11.4 Å². The summed E-state index contributed by atoms with van der Waals surface area (Å²) in [6, 6.07) is 22.6. The maximum absolute atomic E-state index is 12.9. The van der Waals surface area contributed by atoms with E-state index < -0.39 is 0 Å². The lowest BCUT2D eigenvalue weighted by atomic mass is 10.1. The first-order valence-corrected chi connectivity index (χ1v) is 9.44. The summed E-state index contributed by atoms with van der Waals surface area (Å²) in [6.45, 7) is 0.628. The van der Waals surface area contributed by atoms with E-state index in [1.165, 1.54) is 6.33 Å². The van der Waals surface area contributed by atoms with Gasteiger partial charge in [-0.05, 0) is 54.1 Å². The van der Waals surface area contributed by atoms with Crippen LogP contribution in [0.25, 0.3) is 0 Å². The van der Waals surface area contributed by atoms with Crippen molar-refractivity contribution in [3.8, 4) is 5.75 Å². The van der Waals surface area contributed by atoms with Gasteiger partial charge >= 0.3 is 0 Å². The van der Waals surface area contributed by atoms with Crippen molar-refractivity contribution < 1.29 is 9.53 Å². The molecule has 1 heterocycles. The van der Waals surface area contributed by atoms with E-state index in [0.717, 1.165) is 28.4 Å². The molecule has 0 atom stereocenters. The van der Waals surface area contributed by atoms with E-state index in [2.05, 4.69) is 20.7 Å². The van der Waals surface area contributed by atoms with Gasteiger partial charge in [0.05, 0.1) is 24.9 Å². The van der Waals surface area contributed by atoms with Crippen LogP contribution in [0.3, 0.4) is 0 Å². The zero-order valence-corrected chi connectivity index (χ0v) is 16.4. The molecule has 0 unspecified atom stereocenters. The van der Waals surface area contributed by atoms with Crippen molar-refractivity contribution >= 4 is 23.0 Å². The Morgan fingerprint density at radius 1 is 0.967 bits per heavy atom. The van der Waals surface area contributed by atoms with Crippen molar-refractivity contribution in [2.24, 2.45) is 0 Å². The van der Waals surface area contributed by atoms with Crippen LogP contribution in [0, 0.1) is 0 Å². The van der Waals surface area contributed by atoms with Crippen LogP contribution in [0.5, 0.6) is 5.75 Å². The van der Waals surface area contributed by atoms with E-state index in [9.17, 15) is 4.79 Å². The number of para-hydroxylation sites is 1. The fraction of sp³-hybridized carbons (Fsp3) is 0.0870. The first-order valence-electron chi connectivity index (χ1n) is 9.44. The number of nitrogens with one attached hydrogen (secondary N) is 2. The van der Waals surface area contributed by atoms with E-state index in [0.29, 0.717) is 12.1 Å². The summed E-state index contributed by atoms with van der Waals surface area (Å²) in [5.41, 5.74) is 3.94. The number of ether oxygens (including phenoxy) is 1. The van der Waals surface area contributed by atoms with Gasteiger partial charge in [-0.15, -0.1) is 0 Å². The van der Waals surface area contributed by atoms with Crippen molar-refractivity contribution in [2.75, 3.05) is 17.7 Å². The summed E-state index contributed by atoms with van der Waals surface area (Å²) in [6.07, 6.45) is 3.18. The molecule has 150 valence electrons. The molecule has 4 aromatic rings. The predicted octanol–water partition coefficient (Wildman–Crippen LogP) is 4.33. The van der Waals surface area contributed by atoms with Crippen molar-refractivity contribution in [3.63, 3.8) is 0 Å². The lowest BCUT2D eigenvalue weighted by molar-refractivity contribution is 0.102. The third-order valence-corrected chi connectivity index (χ3v) is 4.56. The number of hydrogen-bond acceptors (Lipinski definition) is 5. The van der Waals surface area contributed by atoms with Gasteiger partial charge in [-0.1, -0.05) is 24.3 Å². The van der Waals surface area contributed by atoms with Gasteiger partial charge in [-0.3, -0.25) is 4.79 Å². The van der Waals surface area contributed by atoms with Crippen LogP contribution < -0.4 is 15.4 Å². The van der Waals surface area contributed by atoms with Crippen LogP contribution in [-0.2, 0) is 6.54 Å². The third-order valence-electron chi connectivity index (χ3n) is 4.56. The normalized spacial score (nSPS) is 10.4. The number of carbonyl (C=O) groups is 1. The maximum Gasteiger partial charge on any atom is 0.257 e. The average Bonchev–Trinajstić information content (AvgIpc) is 3.29. The molecule has 0 saturated heterocycles. The summed E-state index contributed by atoms with van der Waals surface area (Å²) in [4.78, 5) is 16.8. The molecule has 0 aliphatic carbocycles. The number of nitrogens with zero attached hydrogens (tertiary/aromatic N) is 3. The SMILES string of the molecule is COc1ccc(Nc2ccccc2C(=O)Nc2ccc(Cn3cncn3)cc2)cc1. The van der Waals surface area contributed by atoms with Crippen molar-refractivity contribution in [1.29, 1.82) is 0 Å². The minimum absolute atomic E-state index is 0.185. The maximum atomic E-state index is 12.9. The Labute approximate surface area is 174 Å². The van der Waals surface area contributed by atoms with Crippen molar-refractivity contribution in [3.05, 3.63) is 96.6 Å². The highest BCUT2D eigenvalue weighted by molar-refractivity contribution is 6.08. The Balaban J connectivity index is 1.45. The Kier molecular flexibility index (Phi) is 5.70. The van der Waals surface area contributed by atoms with E-state index in [1.54, 1.807) is 24.2 Å². The highest BCUT2D eigenvalue weighted by Gasteiger charge is 2.12. The van der Waals surface area contributed by atoms with Crippen LogP contribution in [0.2, 0.25) is 0 Å². The van der Waals surface area contributed by atoms with Gasteiger partial charge in [-0.2, -0.15) is 5.10 Å². The van der Waals surface area contributed by atoms with Crippen LogP contribution >= 0.6 is 0 Å². The Morgan fingerprint density at radius 2 is 1.70 bits per heavy atom. The molecule has 7 heteroatoms. The van der Waals surface area contributed by atoms with Crippen molar-refractivity contribution in [1.82, 2.24) is 14.8 Å². The molecule has 7 nitrogen and oxygen atoms in total. The molecule has 0 bridgehead atoms. The van der Waals surface area contributed by atoms with Gasteiger partial charge < -0.3 is 15.4 Å². The number of hydrogen-bond donors (Lipinski definition) is 2. The quantitative estimate of drug-likeness (QED) is 0.483. The zero-order valence-electron chi connectivity index (χ0n) is 16.4. The predicted molar refractivity (Wildman–Crippen MR) is 116 cm³/mol. The molecule has 2 N–H and O–H groups in total. The molecule has 3 aromatic carbocycles. The topological polar surface area (TPSA) is 81.1 Å². The molecular weight excluding hydrogens is 378 g/mol. The number of methoxy groups -OCH3 is 1. The summed E-state index contributed by atoms with van der Waals surface area (Å²) in [5, 5.41) is 10.3. The standard InChI is InChI=1S/C23H21N5O2/c1-30-20-12-10-18(11-13-20)26-22-5-3-2-4-21(22)23(29)27-19-8-6-17(7-9-19)14-28-16-24-15-25-28/h2-13,15-16,26H,14H2,1H3,(H,27,29). The van der Waals surface area contributed by atoms with Crippen LogP contribution in [0.15, 0.2) is 85.5 Å². The fourth-order valence-corrected chi connectivity index (χ4v) is 3.01. The first-order chi connectivity index (χ1) is 14.7. The minimum atomic E-state index is -0.185. The van der Waals surface area contributed by atoms with Gasteiger partial charge in [0.1, 0.15) is 18.4 Å². The van der Waals surface area contributed by atoms with Gasteiger partial charge in [0.15, 0.2) is 0 Å². The van der Waals surface area contributed by atoms with Crippen LogP contribution in [-0.4, -0.2) is 27.8 Å². The second-order valence-corrected chi connectivity index (χ2v) is 6.64. The van der Waals surface area contributed by atoms with E-state index >= 15 is 0 Å². The molecule has 1 amide bonds.